The first kappa shape index (κ1) is 12.4. The van der Waals surface area contributed by atoms with Crippen molar-refractivity contribution in [2.24, 2.45) is 0 Å². The average molecular weight is 242 g/mol. The summed E-state index contributed by atoms with van der Waals surface area (Å²) in [7, 11) is 1.81. The van der Waals surface area contributed by atoms with E-state index in [0.29, 0.717) is 11.9 Å². The van der Waals surface area contributed by atoms with Crippen LogP contribution in [0, 0.1) is 0 Å². The maximum atomic E-state index is 4.32. The van der Waals surface area contributed by atoms with Crippen LogP contribution in [0.2, 0.25) is 0 Å². The highest BCUT2D eigenvalue weighted by Gasteiger charge is 2.05. The zero-order valence-electron chi connectivity index (χ0n) is 10.7. The van der Waals surface area contributed by atoms with E-state index in [0.717, 1.165) is 12.4 Å². The van der Waals surface area contributed by atoms with Crippen molar-refractivity contribution in [3.8, 4) is 0 Å². The Labute approximate surface area is 107 Å². The predicted molar refractivity (Wildman–Crippen MR) is 74.9 cm³/mol. The lowest BCUT2D eigenvalue weighted by molar-refractivity contribution is 0.801. The van der Waals surface area contributed by atoms with Crippen LogP contribution in [-0.2, 0) is 0 Å². The number of nitrogens with one attached hydrogen (secondary N) is 2. The fraction of sp³-hybridized carbons (Fsp3) is 0.286. The number of benzene rings is 1. The Morgan fingerprint density at radius 3 is 2.67 bits per heavy atom. The molecule has 0 bridgehead atoms. The van der Waals surface area contributed by atoms with Gasteiger partial charge in [-0.15, -0.1) is 0 Å². The molecule has 2 N–H and O–H groups in total. The molecule has 2 aromatic rings. The van der Waals surface area contributed by atoms with E-state index in [4.69, 9.17) is 0 Å². The van der Waals surface area contributed by atoms with Gasteiger partial charge in [0, 0.05) is 19.8 Å². The standard InChI is InChI=1S/C14H18N4/c1-11(12-6-4-3-5-7-12)10-17-13-8-9-16-14(15-2)18-13/h3-9,11H,10H2,1-2H3,(H2,15,16,17,18). The van der Waals surface area contributed by atoms with Gasteiger partial charge in [-0.1, -0.05) is 37.3 Å². The molecule has 1 aromatic heterocycles. The van der Waals surface area contributed by atoms with E-state index >= 15 is 0 Å². The minimum atomic E-state index is 0.444. The van der Waals surface area contributed by atoms with Crippen molar-refractivity contribution in [3.05, 3.63) is 48.2 Å². The third kappa shape index (κ3) is 3.20. The molecule has 0 amide bonds. The second-order valence-corrected chi connectivity index (χ2v) is 4.21. The van der Waals surface area contributed by atoms with Gasteiger partial charge in [-0.3, -0.25) is 0 Å². The highest BCUT2D eigenvalue weighted by atomic mass is 15.1. The zero-order chi connectivity index (χ0) is 12.8. The first-order chi connectivity index (χ1) is 8.79. The lowest BCUT2D eigenvalue weighted by atomic mass is 10.0. The molecule has 0 aliphatic carbocycles. The quantitative estimate of drug-likeness (QED) is 0.846. The van der Waals surface area contributed by atoms with Crippen molar-refractivity contribution in [2.45, 2.75) is 12.8 Å². The topological polar surface area (TPSA) is 49.8 Å². The largest absolute Gasteiger partial charge is 0.369 e. The van der Waals surface area contributed by atoms with Crippen LogP contribution in [0.15, 0.2) is 42.6 Å². The second-order valence-electron chi connectivity index (χ2n) is 4.21. The van der Waals surface area contributed by atoms with E-state index in [1.165, 1.54) is 5.56 Å². The molecule has 0 saturated heterocycles. The number of hydrogen-bond donors (Lipinski definition) is 2. The predicted octanol–water partition coefficient (Wildman–Crippen LogP) is 2.73. The highest BCUT2D eigenvalue weighted by molar-refractivity contribution is 5.39. The molecule has 2 rings (SSSR count). The van der Waals surface area contributed by atoms with Crippen LogP contribution >= 0.6 is 0 Å². The van der Waals surface area contributed by atoms with Crippen molar-refractivity contribution in [1.82, 2.24) is 9.97 Å². The van der Waals surface area contributed by atoms with Gasteiger partial charge in [0.15, 0.2) is 0 Å². The van der Waals surface area contributed by atoms with Crippen molar-refractivity contribution < 1.29 is 0 Å². The SMILES string of the molecule is CNc1nccc(NCC(C)c2ccccc2)n1. The molecule has 4 nitrogen and oxygen atoms in total. The summed E-state index contributed by atoms with van der Waals surface area (Å²) in [6.45, 7) is 3.05. The van der Waals surface area contributed by atoms with Gasteiger partial charge in [-0.2, -0.15) is 4.98 Å². The Kier molecular flexibility index (Phi) is 4.12. The number of rotatable bonds is 5. The van der Waals surface area contributed by atoms with E-state index in [9.17, 15) is 0 Å². The molecular formula is C14H18N4. The van der Waals surface area contributed by atoms with Gasteiger partial charge in [-0.05, 0) is 17.5 Å². The van der Waals surface area contributed by atoms with Gasteiger partial charge < -0.3 is 10.6 Å². The summed E-state index contributed by atoms with van der Waals surface area (Å²) in [6.07, 6.45) is 1.74. The van der Waals surface area contributed by atoms with E-state index < -0.39 is 0 Å². The zero-order valence-corrected chi connectivity index (χ0v) is 10.7. The first-order valence-corrected chi connectivity index (χ1v) is 6.09. The Bertz CT molecular complexity index is 484. The van der Waals surface area contributed by atoms with Crippen molar-refractivity contribution in [3.63, 3.8) is 0 Å². The molecule has 4 heteroatoms. The molecule has 0 aliphatic heterocycles. The maximum Gasteiger partial charge on any atom is 0.224 e. The summed E-state index contributed by atoms with van der Waals surface area (Å²) in [5, 5.41) is 6.25. The van der Waals surface area contributed by atoms with Crippen LogP contribution in [0.1, 0.15) is 18.4 Å². The minimum absolute atomic E-state index is 0.444. The van der Waals surface area contributed by atoms with Gasteiger partial charge in [0.05, 0.1) is 0 Å². The fourth-order valence-corrected chi connectivity index (χ4v) is 1.73. The molecule has 0 spiro atoms. The Morgan fingerprint density at radius 1 is 1.17 bits per heavy atom. The van der Waals surface area contributed by atoms with E-state index in [1.807, 2.05) is 19.2 Å². The Balaban J connectivity index is 1.95. The molecule has 1 aromatic carbocycles. The molecule has 1 unspecified atom stereocenters. The van der Waals surface area contributed by atoms with E-state index in [1.54, 1.807) is 6.20 Å². The number of aromatic nitrogens is 2. The minimum Gasteiger partial charge on any atom is -0.369 e. The van der Waals surface area contributed by atoms with Crippen LogP contribution in [0.4, 0.5) is 11.8 Å². The molecule has 1 atom stereocenters. The summed E-state index contributed by atoms with van der Waals surface area (Å²) >= 11 is 0. The summed E-state index contributed by atoms with van der Waals surface area (Å²) < 4.78 is 0. The molecule has 0 saturated carbocycles. The molecule has 0 fully saturated rings. The molecule has 18 heavy (non-hydrogen) atoms. The molecule has 0 aliphatic rings. The molecule has 0 radical (unpaired) electrons. The Morgan fingerprint density at radius 2 is 1.94 bits per heavy atom. The fourth-order valence-electron chi connectivity index (χ4n) is 1.73. The lowest BCUT2D eigenvalue weighted by Gasteiger charge is -2.13. The van der Waals surface area contributed by atoms with Crippen LogP contribution < -0.4 is 10.6 Å². The normalized spacial score (nSPS) is 11.9. The molecule has 1 heterocycles. The molecule has 94 valence electrons. The number of hydrogen-bond acceptors (Lipinski definition) is 4. The van der Waals surface area contributed by atoms with Crippen molar-refractivity contribution in [2.75, 3.05) is 24.2 Å². The third-order valence-corrected chi connectivity index (χ3v) is 2.84. The first-order valence-electron chi connectivity index (χ1n) is 6.09. The monoisotopic (exact) mass is 242 g/mol. The van der Waals surface area contributed by atoms with Gasteiger partial charge in [0.2, 0.25) is 5.95 Å². The second kappa shape index (κ2) is 6.00. The van der Waals surface area contributed by atoms with Crippen LogP contribution in [-0.4, -0.2) is 23.6 Å². The lowest BCUT2D eigenvalue weighted by Crippen LogP contribution is -2.11. The smallest absolute Gasteiger partial charge is 0.224 e. The maximum absolute atomic E-state index is 4.32. The van der Waals surface area contributed by atoms with Crippen LogP contribution in [0.3, 0.4) is 0 Å². The van der Waals surface area contributed by atoms with E-state index in [2.05, 4.69) is 51.8 Å². The summed E-state index contributed by atoms with van der Waals surface area (Å²) in [5.41, 5.74) is 1.33. The van der Waals surface area contributed by atoms with Gasteiger partial charge in [0.25, 0.3) is 0 Å². The van der Waals surface area contributed by atoms with Crippen molar-refractivity contribution >= 4 is 11.8 Å². The van der Waals surface area contributed by atoms with Crippen LogP contribution in [0.25, 0.3) is 0 Å². The highest BCUT2D eigenvalue weighted by Crippen LogP contribution is 2.15. The number of anilines is 2. The summed E-state index contributed by atoms with van der Waals surface area (Å²) in [4.78, 5) is 8.40. The summed E-state index contributed by atoms with van der Waals surface area (Å²) in [5.74, 6) is 1.92. The van der Waals surface area contributed by atoms with Gasteiger partial charge in [0.1, 0.15) is 5.82 Å². The van der Waals surface area contributed by atoms with Crippen LogP contribution in [0.5, 0.6) is 0 Å². The van der Waals surface area contributed by atoms with Crippen molar-refractivity contribution in [1.29, 1.82) is 0 Å². The average Bonchev–Trinajstić information content (AvgIpc) is 2.46. The van der Waals surface area contributed by atoms with Gasteiger partial charge >= 0.3 is 0 Å². The van der Waals surface area contributed by atoms with E-state index in [-0.39, 0.29) is 0 Å². The summed E-state index contributed by atoms with van der Waals surface area (Å²) in [6, 6.07) is 12.3. The molecular weight excluding hydrogens is 224 g/mol. The number of nitrogens with zero attached hydrogens (tertiary/aromatic N) is 2. The van der Waals surface area contributed by atoms with Gasteiger partial charge in [-0.25, -0.2) is 4.98 Å². The third-order valence-electron chi connectivity index (χ3n) is 2.84. The Hall–Kier alpha value is -2.10.